The lowest BCUT2D eigenvalue weighted by Crippen LogP contribution is -2.47. The molecule has 0 bridgehead atoms. The minimum Gasteiger partial charge on any atom is -0.506 e. The van der Waals surface area contributed by atoms with Crippen molar-refractivity contribution in [2.45, 2.75) is 38.8 Å². The monoisotopic (exact) mass is 338 g/mol. The van der Waals surface area contributed by atoms with E-state index in [-0.39, 0.29) is 17.9 Å². The first-order valence-electron chi connectivity index (χ1n) is 7.27. The molecule has 8 nitrogen and oxygen atoms in total. The number of phenols is 1. The maximum absolute atomic E-state index is 12.3. The van der Waals surface area contributed by atoms with Crippen LogP contribution in [0.4, 0.5) is 10.5 Å². The van der Waals surface area contributed by atoms with Crippen molar-refractivity contribution in [1.29, 1.82) is 0 Å². The summed E-state index contributed by atoms with van der Waals surface area (Å²) in [5.41, 5.74) is -0.600. The quantitative estimate of drug-likeness (QED) is 0.557. The first-order chi connectivity index (χ1) is 11.1. The van der Waals surface area contributed by atoms with Gasteiger partial charge in [0.05, 0.1) is 19.2 Å². The van der Waals surface area contributed by atoms with Crippen molar-refractivity contribution in [3.63, 3.8) is 0 Å². The molecule has 0 saturated carbocycles. The highest BCUT2D eigenvalue weighted by Crippen LogP contribution is 2.21. The molecule has 0 aliphatic carbocycles. The second-order valence-electron chi connectivity index (χ2n) is 5.99. The van der Waals surface area contributed by atoms with E-state index in [4.69, 9.17) is 4.74 Å². The number of methoxy groups -OCH3 is 1. The number of esters is 1. The van der Waals surface area contributed by atoms with Gasteiger partial charge in [-0.2, -0.15) is 0 Å². The van der Waals surface area contributed by atoms with Crippen LogP contribution < -0.4 is 10.6 Å². The molecule has 1 atom stereocenters. The van der Waals surface area contributed by atoms with E-state index >= 15 is 0 Å². The third kappa shape index (κ3) is 6.55. The van der Waals surface area contributed by atoms with Gasteiger partial charge in [-0.25, -0.2) is 4.79 Å². The van der Waals surface area contributed by atoms with E-state index in [0.717, 1.165) is 0 Å². The van der Waals surface area contributed by atoms with Gasteiger partial charge in [0.1, 0.15) is 17.4 Å². The molecule has 3 N–H and O–H groups in total. The minimum absolute atomic E-state index is 0.139. The number of phenolic OH excluding ortho intramolecular Hbond substituents is 1. The number of nitrogens with one attached hydrogen (secondary N) is 2. The Morgan fingerprint density at radius 3 is 2.38 bits per heavy atom. The van der Waals surface area contributed by atoms with Gasteiger partial charge in [0, 0.05) is 0 Å². The molecule has 24 heavy (non-hydrogen) atoms. The minimum atomic E-state index is -1.22. The Hall–Kier alpha value is -2.77. The molecule has 0 aromatic heterocycles. The number of ether oxygens (including phenoxy) is 2. The average Bonchev–Trinajstić information content (AvgIpc) is 2.46. The lowest BCUT2D eigenvalue weighted by atomic mass is 10.1. The van der Waals surface area contributed by atoms with Gasteiger partial charge in [-0.15, -0.1) is 0 Å². The van der Waals surface area contributed by atoms with Gasteiger partial charge in [-0.1, -0.05) is 12.1 Å². The van der Waals surface area contributed by atoms with Crippen molar-refractivity contribution in [3.8, 4) is 5.75 Å². The Labute approximate surface area is 140 Å². The molecule has 8 heteroatoms. The normalized spacial score (nSPS) is 12.0. The van der Waals surface area contributed by atoms with Crippen LogP contribution in [0, 0.1) is 0 Å². The number of carbonyl (C=O) groups excluding carboxylic acids is 3. The molecule has 0 fully saturated rings. The highest BCUT2D eigenvalue weighted by atomic mass is 16.6. The second kappa shape index (κ2) is 8.19. The highest BCUT2D eigenvalue weighted by molar-refractivity contribution is 5.99. The molecule has 0 saturated heterocycles. The Bertz CT molecular complexity index is 609. The Morgan fingerprint density at radius 2 is 1.83 bits per heavy atom. The average molecular weight is 338 g/mol. The zero-order valence-corrected chi connectivity index (χ0v) is 14.1. The van der Waals surface area contributed by atoms with Gasteiger partial charge in [0.2, 0.25) is 5.91 Å². The first kappa shape index (κ1) is 19.3. The largest absolute Gasteiger partial charge is 0.506 e. The van der Waals surface area contributed by atoms with Crippen LogP contribution in [0.2, 0.25) is 0 Å². The third-order valence-electron chi connectivity index (χ3n) is 2.77. The van der Waals surface area contributed by atoms with Crippen molar-refractivity contribution in [1.82, 2.24) is 5.32 Å². The summed E-state index contributed by atoms with van der Waals surface area (Å²) < 4.78 is 9.60. The molecule has 1 rings (SSSR count). The fourth-order valence-electron chi connectivity index (χ4n) is 1.71. The molecule has 132 valence electrons. The molecule has 2 amide bonds. The van der Waals surface area contributed by atoms with Crippen molar-refractivity contribution < 1.29 is 29.0 Å². The smallest absolute Gasteiger partial charge is 0.408 e. The number of hydrogen-bond donors (Lipinski definition) is 3. The predicted octanol–water partition coefficient (Wildman–Crippen LogP) is 1.79. The first-order valence-corrected chi connectivity index (χ1v) is 7.27. The number of hydrogen-bond acceptors (Lipinski definition) is 6. The summed E-state index contributed by atoms with van der Waals surface area (Å²) >= 11 is 0. The maximum Gasteiger partial charge on any atom is 0.408 e. The van der Waals surface area contributed by atoms with E-state index in [2.05, 4.69) is 15.4 Å². The van der Waals surface area contributed by atoms with Crippen molar-refractivity contribution in [3.05, 3.63) is 24.3 Å². The van der Waals surface area contributed by atoms with Crippen LogP contribution in [0.5, 0.6) is 5.75 Å². The molecule has 0 heterocycles. The fraction of sp³-hybridized carbons (Fsp3) is 0.438. The van der Waals surface area contributed by atoms with Gasteiger partial charge in [-0.3, -0.25) is 9.59 Å². The molecule has 0 unspecified atom stereocenters. The summed E-state index contributed by atoms with van der Waals surface area (Å²) in [6, 6.07) is 4.87. The van der Waals surface area contributed by atoms with E-state index in [9.17, 15) is 19.5 Å². The summed E-state index contributed by atoms with van der Waals surface area (Å²) in [5, 5.41) is 14.4. The number of rotatable bonds is 5. The van der Waals surface area contributed by atoms with E-state index in [0.29, 0.717) is 0 Å². The number of anilines is 1. The number of aromatic hydroxyl groups is 1. The van der Waals surface area contributed by atoms with E-state index < -0.39 is 29.6 Å². The molecule has 0 radical (unpaired) electrons. The number of carbonyl (C=O) groups is 3. The second-order valence-corrected chi connectivity index (χ2v) is 5.99. The Kier molecular flexibility index (Phi) is 6.58. The van der Waals surface area contributed by atoms with Crippen molar-refractivity contribution in [2.24, 2.45) is 0 Å². The van der Waals surface area contributed by atoms with Crippen molar-refractivity contribution in [2.75, 3.05) is 12.4 Å². The summed E-state index contributed by atoms with van der Waals surface area (Å²) in [4.78, 5) is 35.6. The van der Waals surface area contributed by atoms with Gasteiger partial charge in [0.25, 0.3) is 0 Å². The zero-order chi connectivity index (χ0) is 18.3. The van der Waals surface area contributed by atoms with Crippen LogP contribution in [0.3, 0.4) is 0 Å². The predicted molar refractivity (Wildman–Crippen MR) is 86.5 cm³/mol. The summed E-state index contributed by atoms with van der Waals surface area (Å²) in [6.07, 6.45) is -1.22. The SMILES string of the molecule is COC(=O)C[C@H](NC(=O)OC(C)(C)C)C(=O)Nc1ccccc1O. The molecule has 0 aliphatic heterocycles. The zero-order valence-electron chi connectivity index (χ0n) is 14.1. The van der Waals surface area contributed by atoms with Crippen LogP contribution in [0.1, 0.15) is 27.2 Å². The molecule has 1 aromatic rings. The lowest BCUT2D eigenvalue weighted by Gasteiger charge is -2.23. The summed E-state index contributed by atoms with van der Waals surface area (Å²) in [6.45, 7) is 5.01. The van der Waals surface area contributed by atoms with Gasteiger partial charge >= 0.3 is 12.1 Å². The summed E-state index contributed by atoms with van der Waals surface area (Å²) in [7, 11) is 1.17. The van der Waals surface area contributed by atoms with Crippen LogP contribution >= 0.6 is 0 Å². The van der Waals surface area contributed by atoms with Crippen LogP contribution in [0.25, 0.3) is 0 Å². The number of benzene rings is 1. The van der Waals surface area contributed by atoms with Crippen LogP contribution in [-0.4, -0.2) is 41.8 Å². The number of amides is 2. The van der Waals surface area contributed by atoms with Crippen molar-refractivity contribution >= 4 is 23.7 Å². The van der Waals surface area contributed by atoms with Crippen LogP contribution in [0.15, 0.2) is 24.3 Å². The van der Waals surface area contributed by atoms with Gasteiger partial charge < -0.3 is 25.2 Å². The highest BCUT2D eigenvalue weighted by Gasteiger charge is 2.27. The number of para-hydroxylation sites is 2. The maximum atomic E-state index is 12.3. The topological polar surface area (TPSA) is 114 Å². The van der Waals surface area contributed by atoms with Gasteiger partial charge in [-0.05, 0) is 32.9 Å². The Morgan fingerprint density at radius 1 is 1.21 bits per heavy atom. The molecule has 0 spiro atoms. The molecule has 0 aliphatic rings. The van der Waals surface area contributed by atoms with Gasteiger partial charge in [0.15, 0.2) is 0 Å². The lowest BCUT2D eigenvalue weighted by molar-refractivity contribution is -0.142. The fourth-order valence-corrected chi connectivity index (χ4v) is 1.71. The van der Waals surface area contributed by atoms with Crippen LogP contribution in [-0.2, 0) is 19.1 Å². The Balaban J connectivity index is 2.84. The molecule has 1 aromatic carbocycles. The molecular formula is C16H22N2O6. The third-order valence-corrected chi connectivity index (χ3v) is 2.77. The standard InChI is InChI=1S/C16H22N2O6/c1-16(2,3)24-15(22)18-11(9-13(20)23-4)14(21)17-10-7-5-6-8-12(10)19/h5-8,11,19H,9H2,1-4H3,(H,17,21)(H,18,22)/t11-/m0/s1. The van der Waals surface area contributed by atoms with E-state index in [1.807, 2.05) is 0 Å². The molecular weight excluding hydrogens is 316 g/mol. The van der Waals surface area contributed by atoms with E-state index in [1.54, 1.807) is 32.9 Å². The number of alkyl carbamates (subject to hydrolysis) is 1. The summed E-state index contributed by atoms with van der Waals surface area (Å²) in [5.74, 6) is -1.50. The van der Waals surface area contributed by atoms with E-state index in [1.165, 1.54) is 19.2 Å².